The predicted molar refractivity (Wildman–Crippen MR) is 67.2 cm³/mol. The van der Waals surface area contributed by atoms with Crippen LogP contribution in [0.3, 0.4) is 0 Å². The molecule has 0 spiro atoms. The van der Waals surface area contributed by atoms with Crippen molar-refractivity contribution in [3.63, 3.8) is 0 Å². The van der Waals surface area contributed by atoms with E-state index in [0.717, 1.165) is 0 Å². The zero-order valence-electron chi connectivity index (χ0n) is 10.0. The lowest BCUT2D eigenvalue weighted by Gasteiger charge is -2.17. The van der Waals surface area contributed by atoms with Crippen LogP contribution in [0.2, 0.25) is 0 Å². The third-order valence-corrected chi connectivity index (χ3v) is 3.03. The average Bonchev–Trinajstić information content (AvgIpc) is 2.38. The molecule has 1 aromatic carbocycles. The van der Waals surface area contributed by atoms with Gasteiger partial charge in [-0.15, -0.1) is 0 Å². The fraction of sp³-hybridized carbons (Fsp3) is 0.417. The minimum absolute atomic E-state index is 0.0608. The van der Waals surface area contributed by atoms with E-state index in [2.05, 4.69) is 20.7 Å². The van der Waals surface area contributed by atoms with Crippen LogP contribution in [0.25, 0.3) is 0 Å². The van der Waals surface area contributed by atoms with Crippen LogP contribution in [0, 0.1) is 0 Å². The standard InChI is InChI=1S/C12H14BrFO4/c1-3-18-12(16)10(14)11(15)8-6-7(17-2)4-5-9(8)13/h4-6,10-11,15H,3H2,1-2H3. The monoisotopic (exact) mass is 320 g/mol. The molecule has 0 aliphatic carbocycles. The Bertz CT molecular complexity index is 425. The maximum absolute atomic E-state index is 13.7. The Morgan fingerprint density at radius 1 is 1.56 bits per heavy atom. The van der Waals surface area contributed by atoms with E-state index in [0.29, 0.717) is 10.2 Å². The molecule has 18 heavy (non-hydrogen) atoms. The number of aliphatic hydroxyl groups is 1. The van der Waals surface area contributed by atoms with Gasteiger partial charge in [0.1, 0.15) is 11.9 Å². The predicted octanol–water partition coefficient (Wildman–Crippen LogP) is 2.39. The van der Waals surface area contributed by atoms with Crippen molar-refractivity contribution in [1.82, 2.24) is 0 Å². The largest absolute Gasteiger partial charge is 0.497 e. The SMILES string of the molecule is CCOC(=O)C(F)C(O)c1cc(OC)ccc1Br. The van der Waals surface area contributed by atoms with E-state index in [1.807, 2.05) is 0 Å². The highest BCUT2D eigenvalue weighted by Gasteiger charge is 2.30. The number of rotatable bonds is 5. The number of hydrogen-bond acceptors (Lipinski definition) is 4. The number of halogens is 2. The molecule has 0 saturated carbocycles. The van der Waals surface area contributed by atoms with Crippen molar-refractivity contribution < 1.29 is 23.8 Å². The first kappa shape index (κ1) is 14.9. The fourth-order valence-electron chi connectivity index (χ4n) is 1.38. The Balaban J connectivity index is 2.95. The van der Waals surface area contributed by atoms with Gasteiger partial charge in [-0.1, -0.05) is 15.9 Å². The average molecular weight is 321 g/mol. The molecule has 1 N–H and O–H groups in total. The van der Waals surface area contributed by atoms with Crippen molar-refractivity contribution in [1.29, 1.82) is 0 Å². The first-order chi connectivity index (χ1) is 8.51. The lowest BCUT2D eigenvalue weighted by Crippen LogP contribution is -2.26. The Hall–Kier alpha value is -1.14. The quantitative estimate of drug-likeness (QED) is 0.846. The Morgan fingerprint density at radius 3 is 2.78 bits per heavy atom. The highest BCUT2D eigenvalue weighted by Crippen LogP contribution is 2.30. The number of methoxy groups -OCH3 is 1. The van der Waals surface area contributed by atoms with Crippen molar-refractivity contribution in [2.75, 3.05) is 13.7 Å². The van der Waals surface area contributed by atoms with Crippen molar-refractivity contribution in [2.24, 2.45) is 0 Å². The molecule has 1 aromatic rings. The number of aliphatic hydroxyl groups excluding tert-OH is 1. The summed E-state index contributed by atoms with van der Waals surface area (Å²) in [5.74, 6) is -0.622. The molecule has 0 amide bonds. The van der Waals surface area contributed by atoms with Crippen LogP contribution >= 0.6 is 15.9 Å². The lowest BCUT2D eigenvalue weighted by molar-refractivity contribution is -0.153. The van der Waals surface area contributed by atoms with E-state index in [9.17, 15) is 14.3 Å². The highest BCUT2D eigenvalue weighted by molar-refractivity contribution is 9.10. The van der Waals surface area contributed by atoms with Crippen LogP contribution in [0.4, 0.5) is 4.39 Å². The Kier molecular flexibility index (Phi) is 5.55. The molecule has 100 valence electrons. The highest BCUT2D eigenvalue weighted by atomic mass is 79.9. The molecule has 0 aliphatic heterocycles. The van der Waals surface area contributed by atoms with Crippen molar-refractivity contribution in [3.05, 3.63) is 28.2 Å². The Morgan fingerprint density at radius 2 is 2.22 bits per heavy atom. The summed E-state index contributed by atoms with van der Waals surface area (Å²) < 4.78 is 23.7. The van der Waals surface area contributed by atoms with Gasteiger partial charge in [0, 0.05) is 10.0 Å². The maximum Gasteiger partial charge on any atom is 0.343 e. The van der Waals surface area contributed by atoms with E-state index >= 15 is 0 Å². The van der Waals surface area contributed by atoms with Crippen LogP contribution in [-0.2, 0) is 9.53 Å². The number of hydrogen-bond donors (Lipinski definition) is 1. The van der Waals surface area contributed by atoms with Crippen molar-refractivity contribution >= 4 is 21.9 Å². The second kappa shape index (κ2) is 6.70. The molecule has 1 rings (SSSR count). The topological polar surface area (TPSA) is 55.8 Å². The summed E-state index contributed by atoms with van der Waals surface area (Å²) >= 11 is 3.18. The normalized spacial score (nSPS) is 13.8. The van der Waals surface area contributed by atoms with Gasteiger partial charge in [0.2, 0.25) is 6.17 Å². The lowest BCUT2D eigenvalue weighted by atomic mass is 10.1. The fourth-order valence-corrected chi connectivity index (χ4v) is 1.87. The van der Waals surface area contributed by atoms with E-state index < -0.39 is 18.2 Å². The van der Waals surface area contributed by atoms with E-state index in [1.54, 1.807) is 19.1 Å². The maximum atomic E-state index is 13.7. The third-order valence-electron chi connectivity index (χ3n) is 2.31. The molecule has 0 heterocycles. The van der Waals surface area contributed by atoms with Crippen LogP contribution < -0.4 is 4.74 Å². The minimum atomic E-state index is -2.13. The van der Waals surface area contributed by atoms with E-state index in [-0.39, 0.29) is 12.2 Å². The zero-order valence-corrected chi connectivity index (χ0v) is 11.6. The van der Waals surface area contributed by atoms with Gasteiger partial charge in [-0.05, 0) is 25.1 Å². The number of carbonyl (C=O) groups is 1. The van der Waals surface area contributed by atoms with E-state index in [1.165, 1.54) is 13.2 Å². The van der Waals surface area contributed by atoms with Gasteiger partial charge in [-0.2, -0.15) is 0 Å². The zero-order chi connectivity index (χ0) is 13.7. The van der Waals surface area contributed by atoms with Crippen LogP contribution in [0.15, 0.2) is 22.7 Å². The molecule has 0 aliphatic rings. The van der Waals surface area contributed by atoms with Crippen LogP contribution in [-0.4, -0.2) is 31.0 Å². The number of benzene rings is 1. The van der Waals surface area contributed by atoms with Gasteiger partial charge in [0.15, 0.2) is 0 Å². The molecule has 6 heteroatoms. The van der Waals surface area contributed by atoms with Crippen molar-refractivity contribution in [2.45, 2.75) is 19.2 Å². The summed E-state index contributed by atoms with van der Waals surface area (Å²) in [6.07, 6.45) is -3.73. The summed E-state index contributed by atoms with van der Waals surface area (Å²) in [5.41, 5.74) is 0.231. The second-order valence-corrected chi connectivity index (χ2v) is 4.34. The second-order valence-electron chi connectivity index (χ2n) is 3.49. The summed E-state index contributed by atoms with van der Waals surface area (Å²) in [6.45, 7) is 1.63. The molecule has 2 unspecified atom stereocenters. The number of carbonyl (C=O) groups excluding carboxylic acids is 1. The van der Waals surface area contributed by atoms with Crippen LogP contribution in [0.5, 0.6) is 5.75 Å². The van der Waals surface area contributed by atoms with Gasteiger partial charge in [-0.3, -0.25) is 0 Å². The van der Waals surface area contributed by atoms with Gasteiger partial charge in [0.05, 0.1) is 13.7 Å². The Labute approximate surface area is 113 Å². The molecule has 0 aromatic heterocycles. The molecular formula is C12H14BrFO4. The summed E-state index contributed by atoms with van der Waals surface area (Å²) in [7, 11) is 1.46. The summed E-state index contributed by atoms with van der Waals surface area (Å²) in [5, 5.41) is 9.83. The van der Waals surface area contributed by atoms with Crippen LogP contribution in [0.1, 0.15) is 18.6 Å². The molecule has 4 nitrogen and oxygen atoms in total. The summed E-state index contributed by atoms with van der Waals surface area (Å²) in [6, 6.07) is 4.72. The van der Waals surface area contributed by atoms with Crippen molar-refractivity contribution in [3.8, 4) is 5.75 Å². The molecule has 0 saturated heterocycles. The molecular weight excluding hydrogens is 307 g/mol. The first-order valence-electron chi connectivity index (χ1n) is 5.33. The number of alkyl halides is 1. The smallest absolute Gasteiger partial charge is 0.343 e. The van der Waals surface area contributed by atoms with Gasteiger partial charge in [0.25, 0.3) is 0 Å². The van der Waals surface area contributed by atoms with Gasteiger partial charge in [-0.25, -0.2) is 9.18 Å². The third kappa shape index (κ3) is 3.43. The molecule has 0 fully saturated rings. The van der Waals surface area contributed by atoms with Gasteiger partial charge >= 0.3 is 5.97 Å². The number of esters is 1. The number of ether oxygens (including phenoxy) is 2. The molecule has 0 radical (unpaired) electrons. The van der Waals surface area contributed by atoms with Gasteiger partial charge < -0.3 is 14.6 Å². The molecule has 0 bridgehead atoms. The summed E-state index contributed by atoms with van der Waals surface area (Å²) in [4.78, 5) is 11.2. The first-order valence-corrected chi connectivity index (χ1v) is 6.12. The minimum Gasteiger partial charge on any atom is -0.497 e. The molecule has 2 atom stereocenters. The van der Waals surface area contributed by atoms with E-state index in [4.69, 9.17) is 4.74 Å².